The van der Waals surface area contributed by atoms with Crippen molar-refractivity contribution >= 4 is 41.0 Å². The standard InChI is InChI=1S/C41H63N5O8S/c1-8-10-19-46-20-15-14-18-33(46)38(50)44-36(27(5)9-2)40(51)45(7)34(26(3)4)23-35(54-28(6)48)39-43-32(25-55-39)37(49)42-31(22-30(24-47)41(52)53)21-29-16-12-11-13-17-29/h11-13,16-17,25-27,30-31,33-36,47H,8-10,14-15,18-24H2,1-7H3,(H,42,49)(H,44,50)(H,52,53)/t27?,30?,31?,33-,34?,35?,36?/m1/s1. The largest absolute Gasteiger partial charge is 0.481 e. The molecule has 2 heterocycles. The number of aliphatic hydroxyl groups excluding tert-OH is 1. The molecule has 6 unspecified atom stereocenters. The van der Waals surface area contributed by atoms with Crippen molar-refractivity contribution in [1.82, 2.24) is 25.4 Å². The highest BCUT2D eigenvalue weighted by Crippen LogP contribution is 2.31. The molecular weight excluding hydrogens is 723 g/mol. The fourth-order valence-corrected chi connectivity index (χ4v) is 8.06. The molecule has 2 aromatic rings. The molecule has 0 saturated carbocycles. The van der Waals surface area contributed by atoms with Crippen LogP contribution in [-0.2, 0) is 30.3 Å². The minimum absolute atomic E-state index is 0.00579. The van der Waals surface area contributed by atoms with Gasteiger partial charge in [0.1, 0.15) is 16.7 Å². The summed E-state index contributed by atoms with van der Waals surface area (Å²) in [4.78, 5) is 74.3. The topological polar surface area (TPSA) is 178 Å². The second kappa shape index (κ2) is 22.6. The highest BCUT2D eigenvalue weighted by Gasteiger charge is 2.38. The molecule has 1 fully saturated rings. The van der Waals surface area contributed by atoms with Crippen molar-refractivity contribution in [1.29, 1.82) is 0 Å². The van der Waals surface area contributed by atoms with Crippen LogP contribution in [0.2, 0.25) is 0 Å². The first kappa shape index (κ1) is 45.5. The number of thiazole rings is 1. The SMILES string of the molecule is CCCCN1CCCC[C@@H]1C(=O)NC(C(=O)N(C)C(CC(OC(C)=O)c1nc(C(=O)NC(Cc2ccccc2)CC(CO)C(=O)O)cs1)C(C)C)C(C)CC. The van der Waals surface area contributed by atoms with Crippen LogP contribution in [0, 0.1) is 17.8 Å². The maximum atomic E-state index is 14.3. The lowest BCUT2D eigenvalue weighted by Gasteiger charge is -2.39. The van der Waals surface area contributed by atoms with Crippen LogP contribution in [-0.4, -0.2) is 106 Å². The number of carboxylic acid groups (broad SMARTS) is 1. The summed E-state index contributed by atoms with van der Waals surface area (Å²) in [7, 11) is 1.72. The van der Waals surface area contributed by atoms with Gasteiger partial charge in [0.25, 0.3) is 5.91 Å². The Balaban J connectivity index is 1.82. The monoisotopic (exact) mass is 785 g/mol. The maximum Gasteiger partial charge on any atom is 0.308 e. The van der Waals surface area contributed by atoms with Gasteiger partial charge in [-0.05, 0) is 62.6 Å². The third-order valence-corrected chi connectivity index (χ3v) is 11.6. The Kier molecular flexibility index (Phi) is 18.7. The van der Waals surface area contributed by atoms with Gasteiger partial charge in [0.2, 0.25) is 11.8 Å². The van der Waals surface area contributed by atoms with Crippen LogP contribution in [0.4, 0.5) is 0 Å². The lowest BCUT2D eigenvalue weighted by Crippen LogP contribution is -2.58. The van der Waals surface area contributed by atoms with Crippen LogP contribution in [0.1, 0.15) is 120 Å². The molecule has 1 aromatic carbocycles. The highest BCUT2D eigenvalue weighted by atomic mass is 32.1. The van der Waals surface area contributed by atoms with E-state index in [1.165, 1.54) is 6.92 Å². The smallest absolute Gasteiger partial charge is 0.308 e. The molecule has 4 N–H and O–H groups in total. The first-order chi connectivity index (χ1) is 26.2. The number of aliphatic carboxylic acids is 1. The molecule has 13 nitrogen and oxygen atoms in total. The minimum Gasteiger partial charge on any atom is -0.481 e. The maximum absolute atomic E-state index is 14.3. The van der Waals surface area contributed by atoms with E-state index in [9.17, 15) is 34.2 Å². The Labute approximate surface area is 330 Å². The van der Waals surface area contributed by atoms with Crippen LogP contribution < -0.4 is 10.6 Å². The Morgan fingerprint density at radius 3 is 2.36 bits per heavy atom. The Hall–Kier alpha value is -3.88. The third-order valence-electron chi connectivity index (χ3n) is 10.7. The van der Waals surface area contributed by atoms with E-state index >= 15 is 0 Å². The van der Waals surface area contributed by atoms with Crippen molar-refractivity contribution in [2.75, 3.05) is 26.7 Å². The number of nitrogens with one attached hydrogen (secondary N) is 2. The summed E-state index contributed by atoms with van der Waals surface area (Å²) < 4.78 is 5.78. The molecule has 1 saturated heterocycles. The predicted octanol–water partition coefficient (Wildman–Crippen LogP) is 5.23. The average Bonchev–Trinajstić information content (AvgIpc) is 3.66. The van der Waals surface area contributed by atoms with Gasteiger partial charge in [-0.2, -0.15) is 0 Å². The summed E-state index contributed by atoms with van der Waals surface area (Å²) in [6.45, 7) is 12.5. The fourth-order valence-electron chi connectivity index (χ4n) is 7.22. The number of amides is 3. The highest BCUT2D eigenvalue weighted by molar-refractivity contribution is 7.09. The van der Waals surface area contributed by atoms with Gasteiger partial charge in [0.15, 0.2) is 6.10 Å². The van der Waals surface area contributed by atoms with E-state index in [4.69, 9.17) is 4.74 Å². The summed E-state index contributed by atoms with van der Waals surface area (Å²) in [5.41, 5.74) is 0.965. The first-order valence-electron chi connectivity index (χ1n) is 19.8. The Morgan fingerprint density at radius 1 is 1.05 bits per heavy atom. The van der Waals surface area contributed by atoms with Crippen LogP contribution in [0.15, 0.2) is 35.7 Å². The fraction of sp³-hybridized carbons (Fsp3) is 0.659. The molecule has 306 valence electrons. The molecule has 1 aliphatic rings. The molecule has 55 heavy (non-hydrogen) atoms. The minimum atomic E-state index is -1.16. The predicted molar refractivity (Wildman–Crippen MR) is 212 cm³/mol. The number of hydrogen-bond donors (Lipinski definition) is 4. The zero-order valence-electron chi connectivity index (χ0n) is 33.7. The van der Waals surface area contributed by atoms with E-state index in [2.05, 4.69) is 27.4 Å². The summed E-state index contributed by atoms with van der Waals surface area (Å²) in [6.07, 6.45) is 5.21. The number of likely N-dealkylation sites (N-methyl/N-ethyl adjacent to an activating group) is 1. The van der Waals surface area contributed by atoms with Crippen molar-refractivity contribution in [2.45, 2.75) is 130 Å². The van der Waals surface area contributed by atoms with Crippen molar-refractivity contribution in [3.63, 3.8) is 0 Å². The van der Waals surface area contributed by atoms with Gasteiger partial charge < -0.3 is 30.5 Å². The zero-order valence-corrected chi connectivity index (χ0v) is 34.5. The Morgan fingerprint density at radius 2 is 1.76 bits per heavy atom. The number of carbonyl (C=O) groups is 5. The summed E-state index contributed by atoms with van der Waals surface area (Å²) in [5.74, 6) is -3.83. The van der Waals surface area contributed by atoms with Crippen molar-refractivity contribution < 1.29 is 38.9 Å². The molecule has 14 heteroatoms. The van der Waals surface area contributed by atoms with Gasteiger partial charge in [-0.25, -0.2) is 4.98 Å². The van der Waals surface area contributed by atoms with E-state index in [1.54, 1.807) is 17.3 Å². The van der Waals surface area contributed by atoms with E-state index in [0.717, 1.165) is 62.1 Å². The van der Waals surface area contributed by atoms with Crippen LogP contribution in [0.5, 0.6) is 0 Å². The van der Waals surface area contributed by atoms with E-state index in [1.807, 2.05) is 58.0 Å². The lowest BCUT2D eigenvalue weighted by atomic mass is 9.92. The number of carbonyl (C=O) groups excluding carboxylic acids is 4. The lowest BCUT2D eigenvalue weighted by molar-refractivity contribution is -0.149. The molecule has 3 rings (SSSR count). The van der Waals surface area contributed by atoms with Crippen molar-refractivity contribution in [2.24, 2.45) is 17.8 Å². The number of piperidine rings is 1. The number of likely N-dealkylation sites (tertiary alicyclic amines) is 1. The number of carboxylic acids is 1. The molecule has 1 aromatic heterocycles. The van der Waals surface area contributed by atoms with Crippen LogP contribution in [0.25, 0.3) is 0 Å². The number of ether oxygens (including phenoxy) is 1. The van der Waals surface area contributed by atoms with Gasteiger partial charge in [0.05, 0.1) is 18.6 Å². The zero-order chi connectivity index (χ0) is 40.7. The molecule has 0 radical (unpaired) electrons. The number of aromatic nitrogens is 1. The normalized spacial score (nSPS) is 18.0. The third kappa shape index (κ3) is 13.7. The number of hydrogen-bond acceptors (Lipinski definition) is 10. The quantitative estimate of drug-likeness (QED) is 0.116. The first-order valence-corrected chi connectivity index (χ1v) is 20.7. The summed E-state index contributed by atoms with van der Waals surface area (Å²) >= 11 is 1.15. The van der Waals surface area contributed by atoms with E-state index in [0.29, 0.717) is 17.8 Å². The van der Waals surface area contributed by atoms with Gasteiger partial charge >= 0.3 is 11.9 Å². The number of esters is 1. The molecule has 1 aliphatic heterocycles. The number of unbranched alkanes of at least 4 members (excludes halogenated alkanes) is 1. The number of aliphatic hydroxyl groups is 1. The van der Waals surface area contributed by atoms with Crippen LogP contribution >= 0.6 is 11.3 Å². The van der Waals surface area contributed by atoms with E-state index < -0.39 is 54.6 Å². The van der Waals surface area contributed by atoms with Gasteiger partial charge in [-0.1, -0.05) is 84.2 Å². The van der Waals surface area contributed by atoms with Gasteiger partial charge in [-0.3, -0.25) is 28.9 Å². The second-order valence-corrected chi connectivity index (χ2v) is 16.1. The second-order valence-electron chi connectivity index (χ2n) is 15.3. The molecule has 0 aliphatic carbocycles. The van der Waals surface area contributed by atoms with Gasteiger partial charge in [0, 0.05) is 37.9 Å². The average molecular weight is 786 g/mol. The summed E-state index contributed by atoms with van der Waals surface area (Å²) in [5, 5.41) is 27.3. The van der Waals surface area contributed by atoms with Crippen LogP contribution in [0.3, 0.4) is 0 Å². The molecule has 0 bridgehead atoms. The summed E-state index contributed by atoms with van der Waals surface area (Å²) in [6, 6.07) is 7.29. The Bertz CT molecular complexity index is 1540. The number of benzene rings is 1. The number of rotatable bonds is 22. The molecular formula is C41H63N5O8S. The molecule has 7 atom stereocenters. The molecule has 0 spiro atoms. The van der Waals surface area contributed by atoms with Crippen molar-refractivity contribution in [3.05, 3.63) is 52.0 Å². The van der Waals surface area contributed by atoms with Gasteiger partial charge in [-0.15, -0.1) is 11.3 Å². The number of nitrogens with zero attached hydrogens (tertiary/aromatic N) is 3. The molecule has 3 amide bonds. The van der Waals surface area contributed by atoms with E-state index in [-0.39, 0.29) is 48.2 Å². The van der Waals surface area contributed by atoms with Crippen molar-refractivity contribution in [3.8, 4) is 0 Å².